The van der Waals surface area contributed by atoms with Crippen LogP contribution in [0.2, 0.25) is 0 Å². The van der Waals surface area contributed by atoms with Crippen LogP contribution in [0.25, 0.3) is 11.2 Å². The number of aromatic nitrogens is 4. The monoisotopic (exact) mass is 481 g/mol. The Morgan fingerprint density at radius 3 is 2.40 bits per heavy atom. The van der Waals surface area contributed by atoms with Crippen LogP contribution in [0.3, 0.4) is 0 Å². The Balaban J connectivity index is 0.000000307. The number of carbonyl (C=O) groups is 3. The van der Waals surface area contributed by atoms with Crippen molar-refractivity contribution in [2.24, 2.45) is 0 Å². The fourth-order valence-corrected chi connectivity index (χ4v) is 3.51. The minimum absolute atomic E-state index is 0.227. The number of benzene rings is 1. The van der Waals surface area contributed by atoms with Gasteiger partial charge in [-0.3, -0.25) is 9.59 Å². The van der Waals surface area contributed by atoms with Crippen molar-refractivity contribution in [2.45, 2.75) is 46.7 Å². The predicted molar refractivity (Wildman–Crippen MR) is 133 cm³/mol. The predicted octanol–water partition coefficient (Wildman–Crippen LogP) is 1.21. The van der Waals surface area contributed by atoms with Crippen molar-refractivity contribution in [1.82, 2.24) is 25.3 Å². The highest BCUT2D eigenvalue weighted by atomic mass is 16.3. The number of nitrogens with two attached hydrogens (primary N) is 1. The number of hydrogen-bond acceptors (Lipinski definition) is 10. The summed E-state index contributed by atoms with van der Waals surface area (Å²) in [5.41, 5.74) is 12.2. The van der Waals surface area contributed by atoms with Crippen molar-refractivity contribution in [1.29, 1.82) is 0 Å². The Morgan fingerprint density at radius 2 is 1.83 bits per heavy atom. The molecule has 35 heavy (non-hydrogen) atoms. The van der Waals surface area contributed by atoms with Crippen LogP contribution >= 0.6 is 0 Å². The summed E-state index contributed by atoms with van der Waals surface area (Å²) in [6, 6.07) is 5.41. The number of nitrogens with zero attached hydrogens (tertiary/aromatic N) is 5. The molecule has 1 atom stereocenters. The number of nitrogens with one attached hydrogen (secondary N) is 1. The van der Waals surface area contributed by atoms with E-state index in [-0.39, 0.29) is 18.2 Å². The van der Waals surface area contributed by atoms with Crippen molar-refractivity contribution in [3.05, 3.63) is 46.9 Å². The summed E-state index contributed by atoms with van der Waals surface area (Å²) < 4.78 is 0. The SMILES string of the molecule is CC(=O)C(CO)NC(=O)CC=O.Cc1cccc(C)c1N(C)Cc1cnc2nc(N)nc(C)c2n1. The maximum absolute atomic E-state index is 10.7. The first-order chi connectivity index (χ1) is 16.6. The molecule has 1 amide bonds. The number of amides is 1. The number of aldehydes is 1. The number of aliphatic hydroxyl groups is 1. The maximum Gasteiger partial charge on any atom is 0.227 e. The van der Waals surface area contributed by atoms with Crippen LogP contribution in [0, 0.1) is 20.8 Å². The first kappa shape index (κ1) is 27.3. The van der Waals surface area contributed by atoms with Gasteiger partial charge in [0.25, 0.3) is 0 Å². The average molecular weight is 482 g/mol. The van der Waals surface area contributed by atoms with Gasteiger partial charge in [-0.15, -0.1) is 0 Å². The van der Waals surface area contributed by atoms with Gasteiger partial charge in [-0.1, -0.05) is 18.2 Å². The molecule has 4 N–H and O–H groups in total. The van der Waals surface area contributed by atoms with E-state index in [1.165, 1.54) is 23.7 Å². The molecule has 0 aliphatic carbocycles. The van der Waals surface area contributed by atoms with E-state index in [1.807, 2.05) is 6.92 Å². The van der Waals surface area contributed by atoms with E-state index in [4.69, 9.17) is 10.8 Å². The summed E-state index contributed by atoms with van der Waals surface area (Å²) in [5.74, 6) is -0.666. The van der Waals surface area contributed by atoms with E-state index < -0.39 is 18.6 Å². The third kappa shape index (κ3) is 7.51. The minimum atomic E-state index is -0.891. The van der Waals surface area contributed by atoms with Gasteiger partial charge in [0.1, 0.15) is 17.8 Å². The highest BCUT2D eigenvalue weighted by Crippen LogP contribution is 2.24. The van der Waals surface area contributed by atoms with E-state index in [1.54, 1.807) is 6.20 Å². The molecular weight excluding hydrogens is 450 g/mol. The molecule has 2 heterocycles. The van der Waals surface area contributed by atoms with Crippen molar-refractivity contribution in [3.8, 4) is 0 Å². The zero-order chi connectivity index (χ0) is 26.1. The Bertz CT molecular complexity index is 1200. The number of para-hydroxylation sites is 1. The second kappa shape index (κ2) is 12.5. The van der Waals surface area contributed by atoms with E-state index in [2.05, 4.69) is 69.2 Å². The topological polar surface area (TPSA) is 164 Å². The summed E-state index contributed by atoms with van der Waals surface area (Å²) >= 11 is 0. The van der Waals surface area contributed by atoms with Gasteiger partial charge in [0, 0.05) is 12.7 Å². The Labute approximate surface area is 203 Å². The number of fused-ring (bicyclic) bond motifs is 1. The molecule has 0 saturated heterocycles. The Hall–Kier alpha value is -3.99. The number of anilines is 2. The summed E-state index contributed by atoms with van der Waals surface area (Å²) in [5, 5.41) is 10.8. The smallest absolute Gasteiger partial charge is 0.227 e. The molecule has 0 aliphatic heterocycles. The van der Waals surface area contributed by atoms with Crippen LogP contribution in [0.5, 0.6) is 0 Å². The lowest BCUT2D eigenvalue weighted by molar-refractivity contribution is -0.129. The quantitative estimate of drug-likeness (QED) is 0.314. The molecule has 0 saturated carbocycles. The maximum atomic E-state index is 10.7. The molecule has 186 valence electrons. The van der Waals surface area contributed by atoms with Crippen LogP contribution in [-0.2, 0) is 20.9 Å². The minimum Gasteiger partial charge on any atom is -0.394 e. The van der Waals surface area contributed by atoms with E-state index in [0.29, 0.717) is 24.0 Å². The fraction of sp³-hybridized carbons (Fsp3) is 0.375. The third-order valence-electron chi connectivity index (χ3n) is 5.15. The summed E-state index contributed by atoms with van der Waals surface area (Å²) in [4.78, 5) is 50.7. The third-order valence-corrected chi connectivity index (χ3v) is 5.15. The van der Waals surface area contributed by atoms with Gasteiger partial charge in [0.2, 0.25) is 11.9 Å². The molecule has 0 fully saturated rings. The number of ketones is 1. The molecule has 3 aromatic rings. The van der Waals surface area contributed by atoms with Crippen LogP contribution in [0.1, 0.15) is 35.9 Å². The number of nitrogen functional groups attached to an aromatic ring is 1. The molecule has 1 unspecified atom stereocenters. The highest BCUT2D eigenvalue weighted by Gasteiger charge is 2.15. The van der Waals surface area contributed by atoms with Crippen LogP contribution < -0.4 is 16.0 Å². The van der Waals surface area contributed by atoms with Crippen LogP contribution in [0.15, 0.2) is 24.4 Å². The van der Waals surface area contributed by atoms with Gasteiger partial charge in [0.15, 0.2) is 11.4 Å². The number of hydrogen-bond donors (Lipinski definition) is 3. The number of aryl methyl sites for hydroxylation is 3. The van der Waals surface area contributed by atoms with Gasteiger partial charge in [-0.2, -0.15) is 4.98 Å². The normalized spacial score (nSPS) is 11.3. The Morgan fingerprint density at radius 1 is 1.17 bits per heavy atom. The summed E-state index contributed by atoms with van der Waals surface area (Å²) in [7, 11) is 2.06. The molecule has 0 aliphatic rings. The van der Waals surface area contributed by atoms with Crippen molar-refractivity contribution >= 4 is 40.8 Å². The van der Waals surface area contributed by atoms with Crippen LogP contribution in [0.4, 0.5) is 11.6 Å². The van der Waals surface area contributed by atoms with E-state index in [9.17, 15) is 14.4 Å². The number of carbonyl (C=O) groups excluding carboxylic acids is 3. The molecule has 3 rings (SSSR count). The molecule has 2 aromatic heterocycles. The van der Waals surface area contributed by atoms with Crippen molar-refractivity contribution in [3.63, 3.8) is 0 Å². The highest BCUT2D eigenvalue weighted by molar-refractivity contribution is 5.92. The van der Waals surface area contributed by atoms with Crippen molar-refractivity contribution in [2.75, 3.05) is 24.3 Å². The lowest BCUT2D eigenvalue weighted by Gasteiger charge is -2.23. The lowest BCUT2D eigenvalue weighted by atomic mass is 10.1. The zero-order valence-electron chi connectivity index (χ0n) is 20.6. The molecule has 11 nitrogen and oxygen atoms in total. The summed E-state index contributed by atoms with van der Waals surface area (Å²) in [6.45, 7) is 7.58. The molecular formula is C24H31N7O4. The number of Topliss-reactive ketones (excluding diaryl/α,β-unsaturated/α-hetero) is 1. The first-order valence-corrected chi connectivity index (χ1v) is 10.9. The van der Waals surface area contributed by atoms with Gasteiger partial charge < -0.3 is 25.9 Å². The van der Waals surface area contributed by atoms with Gasteiger partial charge in [-0.05, 0) is 38.8 Å². The summed E-state index contributed by atoms with van der Waals surface area (Å²) in [6.07, 6.45) is 1.89. The number of rotatable bonds is 8. The standard InChI is InChI=1S/C17H20N6.C7H11NO4/c1-10-6-5-7-11(2)15(10)23(4)9-13-8-19-16-14(21-13)12(3)20-17(18)22-16;1-5(11)6(4-10)8-7(12)2-3-9/h5-8H,9H2,1-4H3,(H2,18,19,20,22);3,6,10H,2,4H2,1H3,(H,8,12). The molecule has 0 bridgehead atoms. The second-order valence-electron chi connectivity index (χ2n) is 8.08. The van der Waals surface area contributed by atoms with Crippen LogP contribution in [-0.4, -0.2) is 62.7 Å². The first-order valence-electron chi connectivity index (χ1n) is 10.9. The Kier molecular flexibility index (Phi) is 9.71. The molecule has 1 aromatic carbocycles. The average Bonchev–Trinajstić information content (AvgIpc) is 2.78. The lowest BCUT2D eigenvalue weighted by Crippen LogP contribution is -2.42. The largest absolute Gasteiger partial charge is 0.394 e. The number of aliphatic hydroxyl groups excluding tert-OH is 1. The second-order valence-corrected chi connectivity index (χ2v) is 8.08. The van der Waals surface area contributed by atoms with E-state index >= 15 is 0 Å². The zero-order valence-corrected chi connectivity index (χ0v) is 20.6. The molecule has 11 heteroatoms. The molecule has 0 radical (unpaired) electrons. The molecule has 0 spiro atoms. The fourth-order valence-electron chi connectivity index (χ4n) is 3.51. The van der Waals surface area contributed by atoms with Crippen molar-refractivity contribution < 1.29 is 19.5 Å². The van der Waals surface area contributed by atoms with E-state index in [0.717, 1.165) is 11.4 Å². The van der Waals surface area contributed by atoms with Gasteiger partial charge in [-0.25, -0.2) is 15.0 Å². The van der Waals surface area contributed by atoms with Gasteiger partial charge >= 0.3 is 0 Å². The van der Waals surface area contributed by atoms with Gasteiger partial charge in [0.05, 0.1) is 37.2 Å².